The van der Waals surface area contributed by atoms with Crippen LogP contribution < -0.4 is 15.5 Å². The lowest BCUT2D eigenvalue weighted by atomic mass is 10.0. The van der Waals surface area contributed by atoms with Gasteiger partial charge in [-0.1, -0.05) is 60.7 Å². The van der Waals surface area contributed by atoms with Crippen molar-refractivity contribution in [1.82, 2.24) is 10.6 Å². The molecule has 1 aliphatic heterocycles. The highest BCUT2D eigenvalue weighted by Crippen LogP contribution is 2.27. The first-order valence-corrected chi connectivity index (χ1v) is 11.7. The molecule has 0 spiro atoms. The van der Waals surface area contributed by atoms with Crippen molar-refractivity contribution in [3.05, 3.63) is 95.6 Å². The number of fused-ring (bicyclic) bond motifs is 1. The topological polar surface area (TPSA) is 111 Å². The summed E-state index contributed by atoms with van der Waals surface area (Å²) in [6, 6.07) is 22.7. The van der Waals surface area contributed by atoms with Crippen molar-refractivity contribution < 1.29 is 19.5 Å². The molecule has 4 rings (SSSR count). The van der Waals surface area contributed by atoms with Crippen molar-refractivity contribution in [2.45, 2.75) is 32.0 Å². The SMILES string of the molecule is C[C@H](NC(=O)CCc1ccc(O)cc1)C(=O)N[C@H]1N=C(c2ccccc2)c2ccccc2N(C)C1=O. The third-order valence-electron chi connectivity index (χ3n) is 6.02. The van der Waals surface area contributed by atoms with Gasteiger partial charge in [0.25, 0.3) is 5.91 Å². The van der Waals surface area contributed by atoms with Gasteiger partial charge in [-0.2, -0.15) is 0 Å². The van der Waals surface area contributed by atoms with Crippen molar-refractivity contribution >= 4 is 29.1 Å². The minimum atomic E-state index is -1.15. The minimum Gasteiger partial charge on any atom is -0.508 e. The zero-order valence-electron chi connectivity index (χ0n) is 20.1. The number of anilines is 1. The molecule has 8 nitrogen and oxygen atoms in total. The molecule has 184 valence electrons. The van der Waals surface area contributed by atoms with E-state index in [0.717, 1.165) is 16.7 Å². The summed E-state index contributed by atoms with van der Waals surface area (Å²) >= 11 is 0. The predicted octanol–water partition coefficient (Wildman–Crippen LogP) is 2.79. The molecule has 1 aliphatic rings. The molecule has 3 amide bonds. The maximum Gasteiger partial charge on any atom is 0.272 e. The second-order valence-corrected chi connectivity index (χ2v) is 8.62. The van der Waals surface area contributed by atoms with Gasteiger partial charge in [-0.25, -0.2) is 4.99 Å². The Balaban J connectivity index is 1.48. The highest BCUT2D eigenvalue weighted by molar-refractivity contribution is 6.20. The number of phenolic OH excluding ortho intramolecular Hbond substituents is 1. The van der Waals surface area contributed by atoms with Gasteiger partial charge in [0.2, 0.25) is 18.0 Å². The monoisotopic (exact) mass is 484 g/mol. The number of rotatable bonds is 7. The second kappa shape index (κ2) is 10.9. The lowest BCUT2D eigenvalue weighted by Crippen LogP contribution is -2.52. The molecular weight excluding hydrogens is 456 g/mol. The van der Waals surface area contributed by atoms with Gasteiger partial charge in [-0.15, -0.1) is 0 Å². The number of hydrogen-bond acceptors (Lipinski definition) is 5. The van der Waals surface area contributed by atoms with E-state index in [2.05, 4.69) is 15.6 Å². The van der Waals surface area contributed by atoms with E-state index in [1.54, 1.807) is 38.2 Å². The van der Waals surface area contributed by atoms with Crippen molar-refractivity contribution in [2.75, 3.05) is 11.9 Å². The molecule has 2 atom stereocenters. The van der Waals surface area contributed by atoms with Crippen LogP contribution in [0, 0.1) is 0 Å². The number of likely N-dealkylation sites (N-methyl/N-ethyl adjacent to an activating group) is 1. The van der Waals surface area contributed by atoms with Crippen LogP contribution in [-0.4, -0.2) is 47.8 Å². The third-order valence-corrected chi connectivity index (χ3v) is 6.02. The summed E-state index contributed by atoms with van der Waals surface area (Å²) in [5.41, 5.74) is 3.79. The second-order valence-electron chi connectivity index (χ2n) is 8.62. The number of aryl methyl sites for hydroxylation is 1. The molecule has 3 N–H and O–H groups in total. The molecule has 0 bridgehead atoms. The molecular formula is C28H28N4O4. The smallest absolute Gasteiger partial charge is 0.272 e. The molecule has 0 fully saturated rings. The van der Waals surface area contributed by atoms with Gasteiger partial charge in [-0.05, 0) is 37.1 Å². The molecule has 0 aromatic heterocycles. The van der Waals surface area contributed by atoms with Gasteiger partial charge in [-0.3, -0.25) is 14.4 Å². The van der Waals surface area contributed by atoms with Crippen LogP contribution in [0.4, 0.5) is 5.69 Å². The molecule has 1 heterocycles. The number of carbonyl (C=O) groups excluding carboxylic acids is 3. The highest BCUT2D eigenvalue weighted by Gasteiger charge is 2.32. The largest absolute Gasteiger partial charge is 0.508 e. The fourth-order valence-corrected chi connectivity index (χ4v) is 4.00. The summed E-state index contributed by atoms with van der Waals surface area (Å²) < 4.78 is 0. The average molecular weight is 485 g/mol. The van der Waals surface area contributed by atoms with Crippen LogP contribution in [0.5, 0.6) is 5.75 Å². The zero-order chi connectivity index (χ0) is 25.7. The molecule has 0 unspecified atom stereocenters. The zero-order valence-corrected chi connectivity index (χ0v) is 20.1. The summed E-state index contributed by atoms with van der Waals surface area (Å²) in [4.78, 5) is 44.7. The van der Waals surface area contributed by atoms with Gasteiger partial charge in [0.15, 0.2) is 0 Å². The number of hydrogen-bond donors (Lipinski definition) is 3. The number of aliphatic imine (C=N–C) groups is 1. The first kappa shape index (κ1) is 24.7. The van der Waals surface area contributed by atoms with Crippen molar-refractivity contribution in [3.8, 4) is 5.75 Å². The lowest BCUT2D eigenvalue weighted by Gasteiger charge is -2.22. The number of carbonyl (C=O) groups is 3. The molecule has 0 saturated carbocycles. The van der Waals surface area contributed by atoms with Crippen LogP contribution in [0.1, 0.15) is 30.0 Å². The molecule has 3 aromatic rings. The summed E-state index contributed by atoms with van der Waals surface area (Å²) in [7, 11) is 1.65. The number of nitrogens with one attached hydrogen (secondary N) is 2. The minimum absolute atomic E-state index is 0.161. The van der Waals surface area contributed by atoms with Crippen LogP contribution in [0.25, 0.3) is 0 Å². The van der Waals surface area contributed by atoms with Gasteiger partial charge < -0.3 is 20.6 Å². The Morgan fingerprint density at radius 2 is 1.67 bits per heavy atom. The molecule has 3 aromatic carbocycles. The fraction of sp³-hybridized carbons (Fsp3) is 0.214. The standard InChI is InChI=1S/C28H28N4O4/c1-18(29-24(34)17-14-19-12-15-21(33)16-13-19)27(35)31-26-28(36)32(2)23-11-7-6-10-22(23)25(30-26)20-8-4-3-5-9-20/h3-13,15-16,18,26,33H,14,17H2,1-2H3,(H,29,34)(H,31,35)/t18-,26+/m0/s1. The number of nitrogens with zero attached hydrogens (tertiary/aromatic N) is 2. The summed E-state index contributed by atoms with van der Waals surface area (Å²) in [6.45, 7) is 1.56. The van der Waals surface area contributed by atoms with Crippen molar-refractivity contribution in [1.29, 1.82) is 0 Å². The average Bonchev–Trinajstić information content (AvgIpc) is 2.99. The summed E-state index contributed by atoms with van der Waals surface area (Å²) in [6.07, 6.45) is -0.504. The Labute approximate surface area is 209 Å². The lowest BCUT2D eigenvalue weighted by molar-refractivity contribution is -0.130. The van der Waals surface area contributed by atoms with E-state index >= 15 is 0 Å². The van der Waals surface area contributed by atoms with Crippen LogP contribution in [0.3, 0.4) is 0 Å². The van der Waals surface area contributed by atoms with E-state index in [9.17, 15) is 19.5 Å². The van der Waals surface area contributed by atoms with E-state index in [0.29, 0.717) is 17.8 Å². The molecule has 8 heteroatoms. The Kier molecular flexibility index (Phi) is 7.44. The Bertz CT molecular complexity index is 1290. The number of para-hydroxylation sites is 1. The number of phenols is 1. The van der Waals surface area contributed by atoms with E-state index in [1.165, 1.54) is 4.90 Å². The van der Waals surface area contributed by atoms with E-state index in [-0.39, 0.29) is 24.0 Å². The maximum absolute atomic E-state index is 13.2. The highest BCUT2D eigenvalue weighted by atomic mass is 16.3. The van der Waals surface area contributed by atoms with Gasteiger partial charge in [0.05, 0.1) is 11.4 Å². The van der Waals surface area contributed by atoms with Crippen LogP contribution in [0.15, 0.2) is 83.9 Å². The van der Waals surface area contributed by atoms with Gasteiger partial charge in [0.1, 0.15) is 11.8 Å². The van der Waals surface area contributed by atoms with E-state index in [4.69, 9.17) is 0 Å². The fourth-order valence-electron chi connectivity index (χ4n) is 4.00. The summed E-state index contributed by atoms with van der Waals surface area (Å²) in [5.74, 6) is -1.03. The Morgan fingerprint density at radius 3 is 2.39 bits per heavy atom. The van der Waals surface area contributed by atoms with Gasteiger partial charge in [0, 0.05) is 24.6 Å². The quantitative estimate of drug-likeness (QED) is 0.479. The third kappa shape index (κ3) is 5.60. The van der Waals surface area contributed by atoms with Crippen molar-refractivity contribution in [2.24, 2.45) is 4.99 Å². The number of amides is 3. The molecule has 0 radical (unpaired) electrons. The Morgan fingerprint density at radius 1 is 1.00 bits per heavy atom. The van der Waals surface area contributed by atoms with Crippen LogP contribution >= 0.6 is 0 Å². The first-order valence-electron chi connectivity index (χ1n) is 11.7. The van der Waals surface area contributed by atoms with Gasteiger partial charge >= 0.3 is 0 Å². The molecule has 0 saturated heterocycles. The predicted molar refractivity (Wildman–Crippen MR) is 138 cm³/mol. The van der Waals surface area contributed by atoms with Crippen LogP contribution in [0.2, 0.25) is 0 Å². The van der Waals surface area contributed by atoms with E-state index in [1.807, 2.05) is 54.6 Å². The maximum atomic E-state index is 13.2. The first-order chi connectivity index (χ1) is 17.3. The normalized spacial score (nSPS) is 15.8. The number of benzodiazepines with no additional fused rings is 1. The van der Waals surface area contributed by atoms with E-state index < -0.39 is 18.1 Å². The molecule has 36 heavy (non-hydrogen) atoms. The summed E-state index contributed by atoms with van der Waals surface area (Å²) in [5, 5.41) is 14.8. The van der Waals surface area contributed by atoms with Crippen LogP contribution in [-0.2, 0) is 20.8 Å². The number of aromatic hydroxyl groups is 1. The number of benzene rings is 3. The Hall–Kier alpha value is -4.46. The molecule has 0 aliphatic carbocycles. The van der Waals surface area contributed by atoms with Crippen molar-refractivity contribution in [3.63, 3.8) is 0 Å².